The van der Waals surface area contributed by atoms with Crippen molar-refractivity contribution >= 4 is 0 Å². The Morgan fingerprint density at radius 2 is 1.95 bits per heavy atom. The predicted octanol–water partition coefficient (Wildman–Crippen LogP) is 3.28. The van der Waals surface area contributed by atoms with E-state index in [0.29, 0.717) is 5.92 Å². The fraction of sp³-hybridized carbons (Fsp3) is 0.875. The molecule has 0 saturated heterocycles. The molecular weight excluding hydrogens is 250 g/mol. The van der Waals surface area contributed by atoms with E-state index in [9.17, 15) is 0 Å². The molecule has 4 nitrogen and oxygen atoms in total. The second-order valence-corrected chi connectivity index (χ2v) is 6.91. The van der Waals surface area contributed by atoms with E-state index in [1.165, 1.54) is 19.3 Å². The lowest BCUT2D eigenvalue weighted by Gasteiger charge is -2.11. The van der Waals surface area contributed by atoms with Crippen LogP contribution in [0.15, 0.2) is 4.42 Å². The van der Waals surface area contributed by atoms with Gasteiger partial charge in [-0.1, -0.05) is 13.8 Å². The van der Waals surface area contributed by atoms with Crippen LogP contribution >= 0.6 is 0 Å². The van der Waals surface area contributed by atoms with Crippen molar-refractivity contribution in [2.24, 2.45) is 23.7 Å². The Hall–Kier alpha value is -0.900. The monoisotopic (exact) mass is 275 g/mol. The van der Waals surface area contributed by atoms with E-state index in [1.54, 1.807) is 0 Å². The van der Waals surface area contributed by atoms with Gasteiger partial charge >= 0.3 is 0 Å². The van der Waals surface area contributed by atoms with Crippen LogP contribution in [-0.4, -0.2) is 16.7 Å². The van der Waals surface area contributed by atoms with Gasteiger partial charge in [-0.05, 0) is 62.3 Å². The van der Waals surface area contributed by atoms with Gasteiger partial charge in [-0.2, -0.15) is 0 Å². The number of aromatic nitrogens is 2. The van der Waals surface area contributed by atoms with Gasteiger partial charge in [0.25, 0.3) is 0 Å². The second-order valence-electron chi connectivity index (χ2n) is 6.91. The van der Waals surface area contributed by atoms with Crippen LogP contribution in [-0.2, 0) is 0 Å². The largest absolute Gasteiger partial charge is 0.423 e. The molecule has 1 aromatic heterocycles. The molecule has 1 aromatic rings. The highest BCUT2D eigenvalue weighted by atomic mass is 16.4. The van der Waals surface area contributed by atoms with E-state index >= 15 is 0 Å². The first-order valence-electron chi connectivity index (χ1n) is 8.40. The van der Waals surface area contributed by atoms with Crippen LogP contribution in [0, 0.1) is 23.7 Å². The maximum Gasteiger partial charge on any atom is 0.233 e. The maximum atomic E-state index is 6.03. The summed E-state index contributed by atoms with van der Waals surface area (Å²) in [5.41, 5.74) is 0. The highest BCUT2D eigenvalue weighted by Crippen LogP contribution is 2.72. The van der Waals surface area contributed by atoms with Gasteiger partial charge in [-0.3, -0.25) is 0 Å². The highest BCUT2D eigenvalue weighted by molar-refractivity contribution is 5.22. The standard InChI is InChI=1S/C16H25N3O/c1-3-7-17-11(4-2)15-18-19-16(20-15)14-12-9-5-6-10(8-9)13(12)14/h9-14,17H,3-8H2,1-2H3. The van der Waals surface area contributed by atoms with Crippen molar-refractivity contribution in [1.29, 1.82) is 0 Å². The molecule has 5 unspecified atom stereocenters. The number of fused-ring (bicyclic) bond motifs is 5. The average Bonchev–Trinajstić information content (AvgIpc) is 2.89. The predicted molar refractivity (Wildman–Crippen MR) is 76.2 cm³/mol. The van der Waals surface area contributed by atoms with Gasteiger partial charge in [0.2, 0.25) is 11.8 Å². The smallest absolute Gasteiger partial charge is 0.233 e. The van der Waals surface area contributed by atoms with Gasteiger partial charge in [0.05, 0.1) is 6.04 Å². The number of rotatable bonds is 6. The van der Waals surface area contributed by atoms with E-state index in [-0.39, 0.29) is 6.04 Å². The lowest BCUT2D eigenvalue weighted by atomic mass is 10.0. The molecule has 4 rings (SSSR count). The van der Waals surface area contributed by atoms with E-state index < -0.39 is 0 Å². The van der Waals surface area contributed by atoms with Crippen LogP contribution < -0.4 is 5.32 Å². The topological polar surface area (TPSA) is 51.0 Å². The third kappa shape index (κ3) is 1.84. The van der Waals surface area contributed by atoms with Crippen molar-refractivity contribution in [3.8, 4) is 0 Å². The van der Waals surface area contributed by atoms with Crippen molar-refractivity contribution in [2.75, 3.05) is 6.54 Å². The SMILES string of the molecule is CCCNC(CC)c1nnc(C2C3C4CCC(C4)C23)o1. The summed E-state index contributed by atoms with van der Waals surface area (Å²) in [6.07, 6.45) is 6.50. The quantitative estimate of drug-likeness (QED) is 0.865. The highest BCUT2D eigenvalue weighted by Gasteiger charge is 2.67. The Morgan fingerprint density at radius 1 is 1.20 bits per heavy atom. The number of hydrogen-bond donors (Lipinski definition) is 1. The number of nitrogens with one attached hydrogen (secondary N) is 1. The van der Waals surface area contributed by atoms with Crippen molar-refractivity contribution in [2.45, 2.75) is 57.9 Å². The molecule has 1 N–H and O–H groups in total. The van der Waals surface area contributed by atoms with Crippen molar-refractivity contribution in [1.82, 2.24) is 15.5 Å². The molecule has 4 heteroatoms. The number of nitrogens with zero attached hydrogens (tertiary/aromatic N) is 2. The summed E-state index contributed by atoms with van der Waals surface area (Å²) in [7, 11) is 0. The molecule has 110 valence electrons. The normalized spacial score (nSPS) is 39.0. The fourth-order valence-electron chi connectivity index (χ4n) is 4.90. The van der Waals surface area contributed by atoms with Gasteiger partial charge in [-0.15, -0.1) is 10.2 Å². The van der Waals surface area contributed by atoms with Crippen molar-refractivity contribution in [3.05, 3.63) is 11.8 Å². The van der Waals surface area contributed by atoms with E-state index in [2.05, 4.69) is 29.4 Å². The lowest BCUT2D eigenvalue weighted by molar-refractivity contribution is 0.359. The molecule has 3 fully saturated rings. The zero-order chi connectivity index (χ0) is 13.7. The van der Waals surface area contributed by atoms with E-state index in [0.717, 1.165) is 54.8 Å². The summed E-state index contributed by atoms with van der Waals surface area (Å²) < 4.78 is 6.03. The molecule has 3 saturated carbocycles. The first-order chi connectivity index (χ1) is 9.83. The average molecular weight is 275 g/mol. The summed E-state index contributed by atoms with van der Waals surface area (Å²) in [4.78, 5) is 0. The molecule has 3 aliphatic rings. The van der Waals surface area contributed by atoms with Crippen molar-refractivity contribution in [3.63, 3.8) is 0 Å². The number of hydrogen-bond acceptors (Lipinski definition) is 4. The summed E-state index contributed by atoms with van der Waals surface area (Å²) in [6, 6.07) is 0.228. The molecule has 3 aliphatic carbocycles. The molecule has 0 radical (unpaired) electrons. The summed E-state index contributed by atoms with van der Waals surface area (Å²) in [5, 5.41) is 12.2. The fourth-order valence-corrected chi connectivity index (χ4v) is 4.90. The Morgan fingerprint density at radius 3 is 2.60 bits per heavy atom. The Labute approximate surface area is 120 Å². The zero-order valence-electron chi connectivity index (χ0n) is 12.5. The van der Waals surface area contributed by atoms with E-state index in [1.807, 2.05) is 0 Å². The van der Waals surface area contributed by atoms with Crippen LogP contribution in [0.3, 0.4) is 0 Å². The molecule has 0 amide bonds. The van der Waals surface area contributed by atoms with Crippen LogP contribution in [0.2, 0.25) is 0 Å². The first-order valence-corrected chi connectivity index (χ1v) is 8.40. The third-order valence-corrected chi connectivity index (χ3v) is 5.82. The molecular formula is C16H25N3O. The van der Waals surface area contributed by atoms with Crippen molar-refractivity contribution < 1.29 is 4.42 Å². The molecule has 0 aromatic carbocycles. The molecule has 0 spiro atoms. The van der Waals surface area contributed by atoms with Gasteiger partial charge in [0.1, 0.15) is 0 Å². The minimum atomic E-state index is 0.228. The van der Waals surface area contributed by atoms with Crippen LogP contribution in [0.25, 0.3) is 0 Å². The lowest BCUT2D eigenvalue weighted by Crippen LogP contribution is -2.21. The Balaban J connectivity index is 1.46. The van der Waals surface area contributed by atoms with Gasteiger partial charge < -0.3 is 9.73 Å². The van der Waals surface area contributed by atoms with Crippen LogP contribution in [0.4, 0.5) is 0 Å². The zero-order valence-corrected chi connectivity index (χ0v) is 12.5. The molecule has 1 heterocycles. The Bertz CT molecular complexity index is 470. The molecule has 20 heavy (non-hydrogen) atoms. The van der Waals surface area contributed by atoms with Crippen LogP contribution in [0.5, 0.6) is 0 Å². The summed E-state index contributed by atoms with van der Waals surface area (Å²) in [5.74, 6) is 6.02. The minimum Gasteiger partial charge on any atom is -0.423 e. The summed E-state index contributed by atoms with van der Waals surface area (Å²) >= 11 is 0. The maximum absolute atomic E-state index is 6.03. The first kappa shape index (κ1) is 12.8. The van der Waals surface area contributed by atoms with Gasteiger partial charge in [0.15, 0.2) is 0 Å². The van der Waals surface area contributed by atoms with Gasteiger partial charge in [0, 0.05) is 5.92 Å². The Kier molecular flexibility index (Phi) is 3.09. The second kappa shape index (κ2) is 4.83. The third-order valence-electron chi connectivity index (χ3n) is 5.82. The minimum absolute atomic E-state index is 0.228. The summed E-state index contributed by atoms with van der Waals surface area (Å²) in [6.45, 7) is 5.36. The van der Waals surface area contributed by atoms with Crippen LogP contribution in [0.1, 0.15) is 69.7 Å². The molecule has 5 atom stereocenters. The molecule has 2 bridgehead atoms. The molecule has 0 aliphatic heterocycles. The van der Waals surface area contributed by atoms with Gasteiger partial charge in [-0.25, -0.2) is 0 Å². The van der Waals surface area contributed by atoms with E-state index in [4.69, 9.17) is 4.42 Å².